The van der Waals surface area contributed by atoms with Crippen molar-refractivity contribution in [2.75, 3.05) is 39.4 Å². The molecule has 2 aliphatic rings. The Bertz CT molecular complexity index is 542. The quantitative estimate of drug-likeness (QED) is 0.752. The minimum atomic E-state index is 0.526. The molecular weight excluding hydrogens is 356 g/mol. The van der Waals surface area contributed by atoms with Gasteiger partial charge in [-0.15, -0.1) is 0 Å². The van der Waals surface area contributed by atoms with Gasteiger partial charge >= 0.3 is 0 Å². The van der Waals surface area contributed by atoms with E-state index in [-0.39, 0.29) is 0 Å². The zero-order chi connectivity index (χ0) is 18.7. The maximum absolute atomic E-state index is 5.85. The topological polar surface area (TPSA) is 40.6 Å². The number of morpholine rings is 1. The standard InChI is InChI=1S/C21H34N4OS/c27-21(23-20-8-4-2-1-3-5-9-20)25(18-19-7-6-10-22-17-19)12-11-24-13-15-26-16-14-24/h6-7,10,17,20H,1-5,8-9,11-16,18H2,(H,23,27). The second kappa shape index (κ2) is 11.6. The molecule has 0 spiro atoms. The maximum atomic E-state index is 5.85. The fourth-order valence-corrected chi connectivity index (χ4v) is 4.24. The van der Waals surface area contributed by atoms with Gasteiger partial charge in [0.25, 0.3) is 0 Å². The Morgan fingerprint density at radius 2 is 1.93 bits per heavy atom. The number of nitrogens with one attached hydrogen (secondary N) is 1. The lowest BCUT2D eigenvalue weighted by Gasteiger charge is -2.33. The average Bonchev–Trinajstić information content (AvgIpc) is 2.68. The van der Waals surface area contributed by atoms with Gasteiger partial charge in [0.2, 0.25) is 0 Å². The number of hydrogen-bond donors (Lipinski definition) is 1. The van der Waals surface area contributed by atoms with Crippen molar-refractivity contribution in [3.05, 3.63) is 30.1 Å². The Labute approximate surface area is 169 Å². The molecule has 27 heavy (non-hydrogen) atoms. The Balaban J connectivity index is 1.57. The summed E-state index contributed by atoms with van der Waals surface area (Å²) in [6.07, 6.45) is 13.0. The summed E-state index contributed by atoms with van der Waals surface area (Å²) in [6.45, 7) is 6.49. The summed E-state index contributed by atoms with van der Waals surface area (Å²) in [5.74, 6) is 0. The van der Waals surface area contributed by atoms with E-state index in [9.17, 15) is 0 Å². The highest BCUT2D eigenvalue weighted by Crippen LogP contribution is 2.17. The summed E-state index contributed by atoms with van der Waals surface area (Å²) < 4.78 is 5.47. The summed E-state index contributed by atoms with van der Waals surface area (Å²) in [5.41, 5.74) is 1.21. The van der Waals surface area contributed by atoms with Gasteiger partial charge in [-0.2, -0.15) is 0 Å². The number of rotatable bonds is 6. The first kappa shape index (κ1) is 20.5. The molecule has 1 saturated carbocycles. The minimum absolute atomic E-state index is 0.526. The molecule has 2 fully saturated rings. The van der Waals surface area contributed by atoms with Gasteiger partial charge in [-0.05, 0) is 36.7 Å². The molecule has 5 nitrogen and oxygen atoms in total. The predicted molar refractivity (Wildman–Crippen MR) is 114 cm³/mol. The lowest BCUT2D eigenvalue weighted by molar-refractivity contribution is 0.0357. The molecule has 1 aromatic rings. The van der Waals surface area contributed by atoms with Crippen LogP contribution in [-0.2, 0) is 11.3 Å². The van der Waals surface area contributed by atoms with Gasteiger partial charge in [-0.25, -0.2) is 0 Å². The van der Waals surface area contributed by atoms with Gasteiger partial charge < -0.3 is 15.0 Å². The number of hydrogen-bond acceptors (Lipinski definition) is 4. The zero-order valence-electron chi connectivity index (χ0n) is 16.4. The summed E-state index contributed by atoms with van der Waals surface area (Å²) >= 11 is 5.85. The Morgan fingerprint density at radius 3 is 2.63 bits per heavy atom. The smallest absolute Gasteiger partial charge is 0.169 e. The first-order valence-corrected chi connectivity index (χ1v) is 11.0. The summed E-state index contributed by atoms with van der Waals surface area (Å²) in [5, 5.41) is 4.59. The van der Waals surface area contributed by atoms with E-state index in [1.807, 2.05) is 18.5 Å². The van der Waals surface area contributed by atoms with Crippen LogP contribution in [0.2, 0.25) is 0 Å². The van der Waals surface area contributed by atoms with Crippen LogP contribution in [0.4, 0.5) is 0 Å². The molecule has 1 aromatic heterocycles. The Morgan fingerprint density at radius 1 is 1.19 bits per heavy atom. The molecule has 3 rings (SSSR count). The first-order chi connectivity index (χ1) is 13.3. The molecule has 6 heteroatoms. The molecule has 1 aliphatic carbocycles. The summed E-state index contributed by atoms with van der Waals surface area (Å²) in [6, 6.07) is 4.66. The Kier molecular flexibility index (Phi) is 8.78. The molecule has 1 aliphatic heterocycles. The highest BCUT2D eigenvalue weighted by molar-refractivity contribution is 7.80. The van der Waals surface area contributed by atoms with Crippen LogP contribution in [-0.4, -0.2) is 65.3 Å². The normalized spacial score (nSPS) is 19.9. The molecule has 0 atom stereocenters. The predicted octanol–water partition coefficient (Wildman–Crippen LogP) is 3.20. The van der Waals surface area contributed by atoms with Crippen molar-refractivity contribution < 1.29 is 4.74 Å². The van der Waals surface area contributed by atoms with Crippen LogP contribution in [0.15, 0.2) is 24.5 Å². The zero-order valence-corrected chi connectivity index (χ0v) is 17.3. The highest BCUT2D eigenvalue weighted by Gasteiger charge is 2.18. The number of nitrogens with zero attached hydrogens (tertiary/aromatic N) is 3. The summed E-state index contributed by atoms with van der Waals surface area (Å²) in [7, 11) is 0. The SMILES string of the molecule is S=C(NC1CCCCCCC1)N(CCN1CCOCC1)Cc1cccnc1. The van der Waals surface area contributed by atoms with Crippen molar-refractivity contribution in [3.63, 3.8) is 0 Å². The minimum Gasteiger partial charge on any atom is -0.379 e. The fourth-order valence-electron chi connectivity index (χ4n) is 3.92. The molecule has 150 valence electrons. The number of thiocarbonyl (C=S) groups is 1. The third-order valence-electron chi connectivity index (χ3n) is 5.61. The van der Waals surface area contributed by atoms with Crippen LogP contribution in [0.5, 0.6) is 0 Å². The van der Waals surface area contributed by atoms with Crippen LogP contribution >= 0.6 is 12.2 Å². The van der Waals surface area contributed by atoms with Crippen LogP contribution in [0.3, 0.4) is 0 Å². The molecule has 1 saturated heterocycles. The van der Waals surface area contributed by atoms with E-state index in [0.717, 1.165) is 51.0 Å². The van der Waals surface area contributed by atoms with E-state index in [1.165, 1.54) is 50.5 Å². The number of aromatic nitrogens is 1. The summed E-state index contributed by atoms with van der Waals surface area (Å²) in [4.78, 5) is 9.06. The molecule has 1 N–H and O–H groups in total. The van der Waals surface area contributed by atoms with Crippen molar-refractivity contribution >= 4 is 17.3 Å². The van der Waals surface area contributed by atoms with Crippen LogP contribution in [0.25, 0.3) is 0 Å². The molecular formula is C21H34N4OS. The van der Waals surface area contributed by atoms with Gasteiger partial charge in [0.1, 0.15) is 0 Å². The maximum Gasteiger partial charge on any atom is 0.169 e. The largest absolute Gasteiger partial charge is 0.379 e. The van der Waals surface area contributed by atoms with E-state index in [1.54, 1.807) is 0 Å². The van der Waals surface area contributed by atoms with Crippen molar-refractivity contribution in [1.82, 2.24) is 20.1 Å². The lowest BCUT2D eigenvalue weighted by atomic mass is 9.97. The van der Waals surface area contributed by atoms with Gasteiger partial charge in [0.05, 0.1) is 13.2 Å². The molecule has 0 amide bonds. The van der Waals surface area contributed by atoms with Crippen LogP contribution in [0, 0.1) is 0 Å². The first-order valence-electron chi connectivity index (χ1n) is 10.6. The van der Waals surface area contributed by atoms with Crippen molar-refractivity contribution in [2.45, 2.75) is 57.5 Å². The van der Waals surface area contributed by atoms with Gasteiger partial charge in [-0.3, -0.25) is 9.88 Å². The monoisotopic (exact) mass is 390 g/mol. The van der Waals surface area contributed by atoms with Crippen molar-refractivity contribution in [2.24, 2.45) is 0 Å². The molecule has 2 heterocycles. The van der Waals surface area contributed by atoms with E-state index in [4.69, 9.17) is 17.0 Å². The van der Waals surface area contributed by atoms with E-state index in [0.29, 0.717) is 6.04 Å². The Hall–Kier alpha value is -1.24. The van der Waals surface area contributed by atoms with Crippen LogP contribution < -0.4 is 5.32 Å². The molecule has 0 radical (unpaired) electrons. The second-order valence-electron chi connectivity index (χ2n) is 7.73. The van der Waals surface area contributed by atoms with Crippen molar-refractivity contribution in [3.8, 4) is 0 Å². The lowest BCUT2D eigenvalue weighted by Crippen LogP contribution is -2.48. The number of pyridine rings is 1. The molecule has 0 aromatic carbocycles. The fraction of sp³-hybridized carbons (Fsp3) is 0.714. The third-order valence-corrected chi connectivity index (χ3v) is 5.98. The second-order valence-corrected chi connectivity index (χ2v) is 8.12. The van der Waals surface area contributed by atoms with E-state index in [2.05, 4.69) is 26.2 Å². The molecule has 0 unspecified atom stereocenters. The highest BCUT2D eigenvalue weighted by atomic mass is 32.1. The molecule has 0 bridgehead atoms. The van der Waals surface area contributed by atoms with E-state index < -0.39 is 0 Å². The average molecular weight is 391 g/mol. The van der Waals surface area contributed by atoms with Crippen LogP contribution in [0.1, 0.15) is 50.5 Å². The number of ether oxygens (including phenoxy) is 1. The van der Waals surface area contributed by atoms with Gasteiger partial charge in [-0.1, -0.05) is 38.2 Å². The van der Waals surface area contributed by atoms with Gasteiger partial charge in [0, 0.05) is 51.2 Å². The van der Waals surface area contributed by atoms with Crippen molar-refractivity contribution in [1.29, 1.82) is 0 Å². The third kappa shape index (κ3) is 7.35. The van der Waals surface area contributed by atoms with E-state index >= 15 is 0 Å². The van der Waals surface area contributed by atoms with Gasteiger partial charge in [0.15, 0.2) is 5.11 Å².